The number of sulfonamides is 1. The van der Waals surface area contributed by atoms with Gasteiger partial charge in [0.2, 0.25) is 10.0 Å². The minimum atomic E-state index is -3.59. The van der Waals surface area contributed by atoms with Gasteiger partial charge >= 0.3 is 5.97 Å². The molecule has 0 aliphatic rings. The molecule has 0 aliphatic heterocycles. The number of carbonyl (C=O) groups excluding carboxylic acids is 1. The molecule has 1 rings (SSSR count). The quantitative estimate of drug-likeness (QED) is 0.574. The van der Waals surface area contributed by atoms with Crippen LogP contribution in [0.2, 0.25) is 0 Å². The average molecular weight is 244 g/mol. The third-order valence-electron chi connectivity index (χ3n) is 2.01. The fourth-order valence-electron chi connectivity index (χ4n) is 1.11. The third kappa shape index (κ3) is 2.31. The molecule has 7 heteroatoms. The van der Waals surface area contributed by atoms with Crippen LogP contribution < -0.4 is 10.5 Å². The zero-order chi connectivity index (χ0) is 12.3. The molecule has 1 aromatic carbocycles. The van der Waals surface area contributed by atoms with E-state index in [4.69, 9.17) is 5.73 Å². The molecule has 0 atom stereocenters. The van der Waals surface area contributed by atoms with Crippen molar-refractivity contribution < 1.29 is 17.9 Å². The van der Waals surface area contributed by atoms with Crippen LogP contribution in [0.1, 0.15) is 10.4 Å². The Bertz CT molecular complexity index is 510. The number of esters is 1. The minimum Gasteiger partial charge on any atom is -0.465 e. The van der Waals surface area contributed by atoms with Crippen molar-refractivity contribution in [2.24, 2.45) is 0 Å². The van der Waals surface area contributed by atoms with Gasteiger partial charge in [0.05, 0.1) is 17.6 Å². The first-order valence-electron chi connectivity index (χ1n) is 4.33. The van der Waals surface area contributed by atoms with E-state index in [0.29, 0.717) is 0 Å². The second kappa shape index (κ2) is 4.50. The molecule has 16 heavy (non-hydrogen) atoms. The van der Waals surface area contributed by atoms with Crippen LogP contribution in [-0.4, -0.2) is 28.5 Å². The van der Waals surface area contributed by atoms with Crippen LogP contribution in [-0.2, 0) is 14.8 Å². The van der Waals surface area contributed by atoms with Gasteiger partial charge in [-0.2, -0.15) is 0 Å². The number of benzene rings is 1. The number of hydrogen-bond donors (Lipinski definition) is 2. The van der Waals surface area contributed by atoms with Gasteiger partial charge in [0.25, 0.3) is 0 Å². The Hall–Kier alpha value is -1.60. The van der Waals surface area contributed by atoms with Gasteiger partial charge in [-0.05, 0) is 25.2 Å². The van der Waals surface area contributed by atoms with Crippen molar-refractivity contribution in [3.05, 3.63) is 23.8 Å². The second-order valence-electron chi connectivity index (χ2n) is 2.95. The summed E-state index contributed by atoms with van der Waals surface area (Å²) in [4.78, 5) is 11.2. The summed E-state index contributed by atoms with van der Waals surface area (Å²) >= 11 is 0. The van der Waals surface area contributed by atoms with Crippen LogP contribution in [0.4, 0.5) is 5.69 Å². The molecule has 0 aromatic heterocycles. The maximum Gasteiger partial charge on any atom is 0.339 e. The van der Waals surface area contributed by atoms with Crippen molar-refractivity contribution in [2.45, 2.75) is 4.90 Å². The Labute approximate surface area is 93.5 Å². The second-order valence-corrected chi connectivity index (χ2v) is 4.83. The largest absolute Gasteiger partial charge is 0.465 e. The van der Waals surface area contributed by atoms with Crippen LogP contribution in [0.5, 0.6) is 0 Å². The van der Waals surface area contributed by atoms with Gasteiger partial charge in [-0.25, -0.2) is 17.9 Å². The maximum absolute atomic E-state index is 11.5. The summed E-state index contributed by atoms with van der Waals surface area (Å²) in [5.74, 6) is -0.675. The van der Waals surface area contributed by atoms with Crippen molar-refractivity contribution in [2.75, 3.05) is 19.9 Å². The average Bonchev–Trinajstić information content (AvgIpc) is 2.28. The molecule has 0 heterocycles. The van der Waals surface area contributed by atoms with Crippen LogP contribution >= 0.6 is 0 Å². The van der Waals surface area contributed by atoms with Crippen molar-refractivity contribution in [3.8, 4) is 0 Å². The topological polar surface area (TPSA) is 98.5 Å². The Morgan fingerprint density at radius 1 is 1.44 bits per heavy atom. The normalized spacial score (nSPS) is 11.1. The van der Waals surface area contributed by atoms with Crippen molar-refractivity contribution in [1.82, 2.24) is 4.72 Å². The standard InChI is InChI=1S/C9H12N2O4S/c1-11-16(13,14)6-3-4-8(10)7(5-6)9(12)15-2/h3-5,11H,10H2,1-2H3. The van der Waals surface area contributed by atoms with Gasteiger partial charge in [0, 0.05) is 5.69 Å². The first-order valence-corrected chi connectivity index (χ1v) is 5.82. The summed E-state index contributed by atoms with van der Waals surface area (Å²) in [6.45, 7) is 0. The van der Waals surface area contributed by atoms with Gasteiger partial charge < -0.3 is 10.5 Å². The summed E-state index contributed by atoms with van der Waals surface area (Å²) in [5.41, 5.74) is 5.73. The molecule has 0 saturated heterocycles. The number of nitrogens with one attached hydrogen (secondary N) is 1. The summed E-state index contributed by atoms with van der Waals surface area (Å²) in [7, 11) is -1.12. The lowest BCUT2D eigenvalue weighted by atomic mass is 10.2. The van der Waals surface area contributed by atoms with E-state index < -0.39 is 16.0 Å². The van der Waals surface area contributed by atoms with Gasteiger partial charge in [0.1, 0.15) is 0 Å². The van der Waals surface area contributed by atoms with E-state index in [1.165, 1.54) is 32.4 Å². The smallest absolute Gasteiger partial charge is 0.339 e. The van der Waals surface area contributed by atoms with Crippen LogP contribution in [0.25, 0.3) is 0 Å². The van der Waals surface area contributed by atoms with Crippen LogP contribution in [0.15, 0.2) is 23.1 Å². The highest BCUT2D eigenvalue weighted by Gasteiger charge is 2.16. The SMILES string of the molecule is CNS(=O)(=O)c1ccc(N)c(C(=O)OC)c1. The molecule has 0 amide bonds. The number of methoxy groups -OCH3 is 1. The first-order chi connectivity index (χ1) is 7.42. The van der Waals surface area contributed by atoms with Crippen LogP contribution in [0, 0.1) is 0 Å². The van der Waals surface area contributed by atoms with E-state index in [-0.39, 0.29) is 16.1 Å². The molecule has 3 N–H and O–H groups in total. The summed E-state index contributed by atoms with van der Waals surface area (Å²) < 4.78 is 29.6. The fourth-order valence-corrected chi connectivity index (χ4v) is 1.86. The Morgan fingerprint density at radius 3 is 2.56 bits per heavy atom. The van der Waals surface area contributed by atoms with E-state index in [1.807, 2.05) is 0 Å². The number of anilines is 1. The highest BCUT2D eigenvalue weighted by Crippen LogP contribution is 2.18. The molecule has 0 unspecified atom stereocenters. The van der Waals surface area contributed by atoms with E-state index in [2.05, 4.69) is 9.46 Å². The highest BCUT2D eigenvalue weighted by molar-refractivity contribution is 7.89. The molecule has 6 nitrogen and oxygen atoms in total. The van der Waals surface area contributed by atoms with E-state index in [0.717, 1.165) is 0 Å². The number of hydrogen-bond acceptors (Lipinski definition) is 5. The predicted molar refractivity (Wildman–Crippen MR) is 58.4 cm³/mol. The molecule has 88 valence electrons. The zero-order valence-electron chi connectivity index (χ0n) is 8.85. The molecule has 0 bridgehead atoms. The van der Waals surface area contributed by atoms with Crippen molar-refractivity contribution in [3.63, 3.8) is 0 Å². The van der Waals surface area contributed by atoms with Crippen molar-refractivity contribution in [1.29, 1.82) is 0 Å². The van der Waals surface area contributed by atoms with E-state index >= 15 is 0 Å². The number of rotatable bonds is 3. The Morgan fingerprint density at radius 2 is 2.06 bits per heavy atom. The molecule has 1 aromatic rings. The monoisotopic (exact) mass is 244 g/mol. The van der Waals surface area contributed by atoms with Gasteiger partial charge in [-0.3, -0.25) is 0 Å². The molecule has 0 spiro atoms. The minimum absolute atomic E-state index is 0.0267. The molecule has 0 aliphatic carbocycles. The first kappa shape index (κ1) is 12.5. The van der Waals surface area contributed by atoms with E-state index in [1.54, 1.807) is 0 Å². The summed E-state index contributed by atoms with van der Waals surface area (Å²) in [6.07, 6.45) is 0. The lowest BCUT2D eigenvalue weighted by molar-refractivity contribution is 0.0601. The van der Waals surface area contributed by atoms with Gasteiger partial charge in [-0.1, -0.05) is 0 Å². The predicted octanol–water partition coefficient (Wildman–Crippen LogP) is -0.0365. The molecular formula is C9H12N2O4S. The number of carbonyl (C=O) groups is 1. The number of nitrogens with two attached hydrogens (primary N) is 1. The van der Waals surface area contributed by atoms with E-state index in [9.17, 15) is 13.2 Å². The summed E-state index contributed by atoms with van der Waals surface area (Å²) in [5, 5.41) is 0. The highest BCUT2D eigenvalue weighted by atomic mass is 32.2. The molecular weight excluding hydrogens is 232 g/mol. The number of nitrogen functional groups attached to an aromatic ring is 1. The maximum atomic E-state index is 11.5. The zero-order valence-corrected chi connectivity index (χ0v) is 9.67. The molecule has 0 radical (unpaired) electrons. The molecule has 0 fully saturated rings. The lowest BCUT2D eigenvalue weighted by Gasteiger charge is -2.07. The van der Waals surface area contributed by atoms with Gasteiger partial charge in [-0.15, -0.1) is 0 Å². The summed E-state index contributed by atoms with van der Waals surface area (Å²) in [6, 6.07) is 3.83. The number of ether oxygens (including phenoxy) is 1. The fraction of sp³-hybridized carbons (Fsp3) is 0.222. The van der Waals surface area contributed by atoms with Crippen LogP contribution in [0.3, 0.4) is 0 Å². The molecule has 0 saturated carbocycles. The third-order valence-corrected chi connectivity index (χ3v) is 3.42. The van der Waals surface area contributed by atoms with Gasteiger partial charge in [0.15, 0.2) is 0 Å². The van der Waals surface area contributed by atoms with Crippen molar-refractivity contribution >= 4 is 21.7 Å². The Kier molecular flexibility index (Phi) is 3.51. The Balaban J connectivity index is 3.34. The lowest BCUT2D eigenvalue weighted by Crippen LogP contribution is -2.19.